The molecule has 2 atom stereocenters. The topological polar surface area (TPSA) is 141 Å². The smallest absolute Gasteiger partial charge is 0.345 e. The average Bonchev–Trinajstić information content (AvgIpc) is 3.65. The molecular weight excluding hydrogens is 876 g/mol. The number of fused-ring (bicyclic) bond motifs is 7. The summed E-state index contributed by atoms with van der Waals surface area (Å²) in [4.78, 5) is 38.3. The number of carbonyl (C=O) groups is 1. The Labute approximate surface area is 386 Å². The van der Waals surface area contributed by atoms with Crippen LogP contribution in [-0.4, -0.2) is 107 Å². The summed E-state index contributed by atoms with van der Waals surface area (Å²) in [5.74, 6) is 1.97. The molecule has 334 valence electrons. The maximum atomic E-state index is 13.3. The summed E-state index contributed by atoms with van der Waals surface area (Å²) < 4.78 is 31.9. The van der Waals surface area contributed by atoms with Crippen LogP contribution in [0.5, 0.6) is 28.9 Å². The summed E-state index contributed by atoms with van der Waals surface area (Å²) >= 11 is 16.3. The maximum Gasteiger partial charge on any atom is 0.345 e. The number of ether oxygens (including phenoxy) is 5. The van der Waals surface area contributed by atoms with Gasteiger partial charge in [-0.2, -0.15) is 0 Å². The molecule has 3 aromatic heterocycles. The fourth-order valence-electron chi connectivity index (χ4n) is 8.67. The van der Waals surface area contributed by atoms with E-state index in [4.69, 9.17) is 56.9 Å². The number of halogens is 2. The lowest BCUT2D eigenvalue weighted by molar-refractivity contribution is -0.145. The van der Waals surface area contributed by atoms with E-state index >= 15 is 0 Å². The van der Waals surface area contributed by atoms with Crippen molar-refractivity contribution in [2.24, 2.45) is 5.92 Å². The molecule has 1 N–H and O–H groups in total. The van der Waals surface area contributed by atoms with Crippen molar-refractivity contribution in [3.05, 3.63) is 98.4 Å². The number of hydrogen-bond acceptors (Lipinski definition) is 13. The molecule has 3 aliphatic heterocycles. The molecule has 2 fully saturated rings. The summed E-state index contributed by atoms with van der Waals surface area (Å²) in [7, 11) is 3.73. The summed E-state index contributed by atoms with van der Waals surface area (Å²) in [5.41, 5.74) is 5.19. The minimum absolute atomic E-state index is 0.0728. The van der Waals surface area contributed by atoms with Crippen LogP contribution in [0.2, 0.25) is 10.0 Å². The fraction of sp³-hybridized carbons (Fsp3) is 0.396. The van der Waals surface area contributed by atoms with Crippen molar-refractivity contribution in [1.82, 2.24) is 29.7 Å². The number of rotatable bonds is 10. The van der Waals surface area contributed by atoms with Crippen molar-refractivity contribution in [2.45, 2.75) is 64.8 Å². The predicted molar refractivity (Wildman–Crippen MR) is 248 cm³/mol. The van der Waals surface area contributed by atoms with Crippen molar-refractivity contribution in [3.8, 4) is 51.4 Å². The minimum Gasteiger partial charge on any atom is -0.496 e. The van der Waals surface area contributed by atoms with Gasteiger partial charge in [0.25, 0.3) is 0 Å². The zero-order valence-electron chi connectivity index (χ0n) is 36.2. The monoisotopic (exact) mass is 924 g/mol. The van der Waals surface area contributed by atoms with E-state index < -0.39 is 18.2 Å². The third-order valence-electron chi connectivity index (χ3n) is 12.5. The largest absolute Gasteiger partial charge is 0.496 e. The number of methoxy groups -OCH3 is 1. The molecule has 64 heavy (non-hydrogen) atoms. The Morgan fingerprint density at radius 1 is 0.953 bits per heavy atom. The van der Waals surface area contributed by atoms with Crippen molar-refractivity contribution in [1.29, 1.82) is 0 Å². The highest BCUT2D eigenvalue weighted by molar-refractivity contribution is 7.19. The maximum absolute atomic E-state index is 13.3. The zero-order valence-corrected chi connectivity index (χ0v) is 38.6. The second-order valence-corrected chi connectivity index (χ2v) is 18.6. The van der Waals surface area contributed by atoms with E-state index in [0.29, 0.717) is 72.8 Å². The lowest BCUT2D eigenvalue weighted by Crippen LogP contribution is -2.49. The minimum atomic E-state index is -1.38. The molecule has 6 aromatic rings. The number of thiophene rings is 1. The number of aromatic nitrogens is 4. The van der Waals surface area contributed by atoms with Gasteiger partial charge in [0.15, 0.2) is 11.6 Å². The first-order valence-corrected chi connectivity index (χ1v) is 23.2. The number of carboxylic acid groups (broad SMARTS) is 1. The van der Waals surface area contributed by atoms with E-state index in [1.54, 1.807) is 48.9 Å². The summed E-state index contributed by atoms with van der Waals surface area (Å²) in [6, 6.07) is 14.7. The summed E-state index contributed by atoms with van der Waals surface area (Å²) in [6.07, 6.45) is 5.46. The van der Waals surface area contributed by atoms with Crippen molar-refractivity contribution < 1.29 is 33.6 Å². The molecule has 3 aromatic carbocycles. The van der Waals surface area contributed by atoms with Crippen LogP contribution in [0.25, 0.3) is 32.7 Å². The molecule has 6 heterocycles. The number of para-hydroxylation sites is 1. The van der Waals surface area contributed by atoms with Gasteiger partial charge in [-0.15, -0.1) is 11.3 Å². The van der Waals surface area contributed by atoms with Crippen LogP contribution < -0.4 is 23.7 Å². The van der Waals surface area contributed by atoms with E-state index in [1.165, 1.54) is 12.7 Å². The van der Waals surface area contributed by atoms with E-state index in [-0.39, 0.29) is 25.5 Å². The number of benzene rings is 3. The predicted octanol–water partition coefficient (Wildman–Crippen LogP) is 9.13. The quantitative estimate of drug-likeness (QED) is 0.140. The average molecular weight is 926 g/mol. The molecule has 1 saturated heterocycles. The molecule has 13 nitrogen and oxygen atoms in total. The van der Waals surface area contributed by atoms with Gasteiger partial charge in [-0.25, -0.2) is 24.7 Å². The number of carboxylic acids is 1. The van der Waals surface area contributed by atoms with Crippen molar-refractivity contribution in [3.63, 3.8) is 0 Å². The van der Waals surface area contributed by atoms with Gasteiger partial charge in [0.2, 0.25) is 12.0 Å². The second-order valence-electron chi connectivity index (χ2n) is 16.8. The van der Waals surface area contributed by atoms with Gasteiger partial charge >= 0.3 is 5.97 Å². The lowest BCUT2D eigenvalue weighted by Gasteiger charge is -2.35. The van der Waals surface area contributed by atoms with E-state index in [1.807, 2.05) is 38.1 Å². The van der Waals surface area contributed by atoms with Crippen LogP contribution in [0, 0.1) is 19.8 Å². The van der Waals surface area contributed by atoms with Crippen LogP contribution in [0.15, 0.2) is 61.1 Å². The van der Waals surface area contributed by atoms with Crippen LogP contribution in [0.4, 0.5) is 0 Å². The van der Waals surface area contributed by atoms with Gasteiger partial charge in [-0.1, -0.05) is 54.6 Å². The SMILES string of the molecule is COc1ccccc1-c1nccc(COc2ccc3cc2C[C@H](C(=O)O)Oc2ncnc4sc(CC5CCC5)c(c24)-c2c(C)c(Cl)c(c(Cl)c2C)O[C@H](CN2CCN(C)CC2)CO3)n1. The fourth-order valence-corrected chi connectivity index (χ4v) is 10.4. The molecule has 0 spiro atoms. The first-order valence-electron chi connectivity index (χ1n) is 21.6. The van der Waals surface area contributed by atoms with Crippen LogP contribution >= 0.6 is 34.5 Å². The van der Waals surface area contributed by atoms with Gasteiger partial charge in [-0.3, -0.25) is 4.90 Å². The highest BCUT2D eigenvalue weighted by Gasteiger charge is 2.33. The highest BCUT2D eigenvalue weighted by Crippen LogP contribution is 2.51. The molecule has 0 radical (unpaired) electrons. The van der Waals surface area contributed by atoms with Crippen molar-refractivity contribution >= 4 is 50.7 Å². The normalized spacial score (nSPS) is 18.4. The van der Waals surface area contributed by atoms with Gasteiger partial charge in [0, 0.05) is 61.3 Å². The third kappa shape index (κ3) is 9.16. The standard InChI is InChI=1S/C48H50Cl2N6O7S/c1-27-39-28(2)43(50)44(42(27)49)62-33(23-56-18-16-55(3)17-19-56)25-60-32-12-13-35(61-24-31-14-15-51-45(54-31)34-10-5-6-11-36(34)59-4)30(21-32)22-37(48(57)58)63-46-41-40(39)38(20-29-8-7-9-29)64-47(41)53-26-52-46/h5-6,10-15,21,26,29,33,37H,7-9,16-20,22-25H2,1-4H3,(H,57,58)/t33-,37-/m1/s1. The van der Waals surface area contributed by atoms with Gasteiger partial charge in [0.1, 0.15) is 47.7 Å². The van der Waals surface area contributed by atoms with E-state index in [9.17, 15) is 9.90 Å². The Balaban J connectivity index is 1.14. The lowest BCUT2D eigenvalue weighted by atomic mass is 9.81. The Morgan fingerprint density at radius 2 is 1.73 bits per heavy atom. The number of hydrogen-bond donors (Lipinski definition) is 1. The first kappa shape index (κ1) is 44.0. The highest BCUT2D eigenvalue weighted by atomic mass is 35.5. The van der Waals surface area contributed by atoms with Gasteiger partial charge < -0.3 is 33.7 Å². The van der Waals surface area contributed by atoms with Crippen molar-refractivity contribution in [2.75, 3.05) is 53.5 Å². The molecule has 10 rings (SSSR count). The molecular formula is C48H50Cl2N6O7S. The molecule has 0 amide bonds. The Morgan fingerprint density at radius 3 is 2.47 bits per heavy atom. The molecule has 0 unspecified atom stereocenters. The van der Waals surface area contributed by atoms with Gasteiger partial charge in [-0.05, 0) is 86.3 Å². The van der Waals surface area contributed by atoms with Gasteiger partial charge in [0.05, 0.1) is 33.8 Å². The summed E-state index contributed by atoms with van der Waals surface area (Å²) in [5, 5.41) is 12.3. The second kappa shape index (κ2) is 19.1. The Hall–Kier alpha value is -5.25. The number of piperazine rings is 1. The molecule has 16 heteroatoms. The molecule has 4 aliphatic rings. The Bertz CT molecular complexity index is 2660. The zero-order chi connectivity index (χ0) is 44.5. The number of likely N-dealkylation sites (N-methyl/N-ethyl adjacent to an activating group) is 1. The molecule has 1 saturated carbocycles. The van der Waals surface area contributed by atoms with Crippen LogP contribution in [-0.2, 0) is 24.2 Å². The van der Waals surface area contributed by atoms with E-state index in [2.05, 4.69) is 26.8 Å². The first-order chi connectivity index (χ1) is 31.0. The third-order valence-corrected chi connectivity index (χ3v) is 14.5. The molecule has 1 aliphatic carbocycles. The summed E-state index contributed by atoms with van der Waals surface area (Å²) in [6.45, 7) is 8.35. The number of nitrogens with zero attached hydrogens (tertiary/aromatic N) is 6. The van der Waals surface area contributed by atoms with Crippen LogP contribution in [0.1, 0.15) is 46.5 Å². The van der Waals surface area contributed by atoms with E-state index in [0.717, 1.165) is 78.1 Å². The Kier molecular flexibility index (Phi) is 13.1. The molecule has 4 bridgehead atoms. The number of aliphatic carboxylic acids is 1. The van der Waals surface area contributed by atoms with Crippen LogP contribution in [0.3, 0.4) is 0 Å².